The first kappa shape index (κ1) is 15.7. The number of anilines is 1. The first-order chi connectivity index (χ1) is 12.1. The molecule has 2 aromatic rings. The third-order valence-electron chi connectivity index (χ3n) is 5.03. The van der Waals surface area contributed by atoms with Crippen LogP contribution in [0.15, 0.2) is 48.6 Å². The van der Waals surface area contributed by atoms with Gasteiger partial charge in [-0.05, 0) is 29.5 Å². The van der Waals surface area contributed by atoms with Gasteiger partial charge in [-0.1, -0.05) is 42.0 Å². The van der Waals surface area contributed by atoms with Crippen LogP contribution in [0, 0.1) is 27.4 Å². The molecule has 0 unspecified atom stereocenters. The molecule has 0 radical (unpaired) electrons. The van der Waals surface area contributed by atoms with E-state index in [1.807, 2.05) is 24.3 Å². The SMILES string of the molecule is N#Cc1cc([N+](=O)[O-])cc2c1N[C@@H](c1ccccc1Cl)[C@H]1CC=C[C@@H]21. The van der Waals surface area contributed by atoms with Crippen molar-refractivity contribution in [1.82, 2.24) is 0 Å². The average Bonchev–Trinajstić information content (AvgIpc) is 3.10. The fourth-order valence-electron chi connectivity index (χ4n) is 3.91. The van der Waals surface area contributed by atoms with Crippen LogP contribution in [0.4, 0.5) is 11.4 Å². The minimum absolute atomic E-state index is 0.0320. The van der Waals surface area contributed by atoms with Gasteiger partial charge >= 0.3 is 0 Å². The molecular weight excluding hydrogens is 338 g/mol. The first-order valence-electron chi connectivity index (χ1n) is 8.00. The third kappa shape index (κ3) is 2.46. The maximum atomic E-state index is 11.2. The highest BCUT2D eigenvalue weighted by molar-refractivity contribution is 6.31. The fourth-order valence-corrected chi connectivity index (χ4v) is 4.17. The maximum Gasteiger partial charge on any atom is 0.271 e. The van der Waals surface area contributed by atoms with Crippen molar-refractivity contribution in [3.05, 3.63) is 80.4 Å². The molecule has 0 bridgehead atoms. The second-order valence-corrected chi connectivity index (χ2v) is 6.73. The molecule has 1 aliphatic heterocycles. The molecule has 25 heavy (non-hydrogen) atoms. The Hall–Kier alpha value is -2.84. The highest BCUT2D eigenvalue weighted by atomic mass is 35.5. The third-order valence-corrected chi connectivity index (χ3v) is 5.37. The summed E-state index contributed by atoms with van der Waals surface area (Å²) in [5.41, 5.74) is 2.71. The van der Waals surface area contributed by atoms with Gasteiger partial charge in [-0.15, -0.1) is 0 Å². The highest BCUT2D eigenvalue weighted by Crippen LogP contribution is 2.52. The van der Waals surface area contributed by atoms with Crippen molar-refractivity contribution < 1.29 is 4.92 Å². The molecule has 3 atom stereocenters. The number of nitrogens with one attached hydrogen (secondary N) is 1. The Bertz CT molecular complexity index is 948. The summed E-state index contributed by atoms with van der Waals surface area (Å²) in [6, 6.07) is 12.6. The van der Waals surface area contributed by atoms with Crippen LogP contribution in [-0.2, 0) is 0 Å². The predicted octanol–water partition coefficient (Wildman–Crippen LogP) is 4.95. The van der Waals surface area contributed by atoms with Gasteiger partial charge in [-0.3, -0.25) is 10.1 Å². The van der Waals surface area contributed by atoms with E-state index >= 15 is 0 Å². The van der Waals surface area contributed by atoms with E-state index in [0.29, 0.717) is 16.3 Å². The molecule has 1 N–H and O–H groups in total. The predicted molar refractivity (Wildman–Crippen MR) is 95.6 cm³/mol. The second kappa shape index (κ2) is 5.91. The number of fused-ring (bicyclic) bond motifs is 3. The van der Waals surface area contributed by atoms with Crippen LogP contribution in [0.5, 0.6) is 0 Å². The molecule has 0 aromatic heterocycles. The van der Waals surface area contributed by atoms with E-state index in [-0.39, 0.29) is 23.6 Å². The number of nitrogens with zero attached hydrogens (tertiary/aromatic N) is 2. The number of hydrogen-bond donors (Lipinski definition) is 1. The molecule has 124 valence electrons. The Balaban J connectivity index is 1.89. The fraction of sp³-hybridized carbons (Fsp3) is 0.211. The molecule has 0 fully saturated rings. The number of halogens is 1. The van der Waals surface area contributed by atoms with Gasteiger partial charge in [0.15, 0.2) is 0 Å². The molecule has 0 saturated heterocycles. The number of nitro groups is 1. The molecule has 4 rings (SSSR count). The van der Waals surface area contributed by atoms with Crippen LogP contribution in [-0.4, -0.2) is 4.92 Å². The Morgan fingerprint density at radius 2 is 2.08 bits per heavy atom. The van der Waals surface area contributed by atoms with Crippen molar-refractivity contribution in [3.63, 3.8) is 0 Å². The zero-order valence-corrected chi connectivity index (χ0v) is 13.9. The van der Waals surface area contributed by atoms with Crippen molar-refractivity contribution in [2.45, 2.75) is 18.4 Å². The lowest BCUT2D eigenvalue weighted by Crippen LogP contribution is -2.30. The van der Waals surface area contributed by atoms with Gasteiger partial charge in [-0.25, -0.2) is 0 Å². The van der Waals surface area contributed by atoms with Gasteiger partial charge in [0.2, 0.25) is 0 Å². The van der Waals surface area contributed by atoms with Gasteiger partial charge in [0.1, 0.15) is 6.07 Å². The van der Waals surface area contributed by atoms with Crippen LogP contribution < -0.4 is 5.32 Å². The number of allylic oxidation sites excluding steroid dienone is 2. The first-order valence-corrected chi connectivity index (χ1v) is 8.38. The Morgan fingerprint density at radius 3 is 2.80 bits per heavy atom. The summed E-state index contributed by atoms with van der Waals surface area (Å²) in [5, 5.41) is 24.8. The zero-order chi connectivity index (χ0) is 17.6. The van der Waals surface area contributed by atoms with Gasteiger partial charge in [-0.2, -0.15) is 5.26 Å². The normalized spacial score (nSPS) is 23.3. The van der Waals surface area contributed by atoms with Crippen LogP contribution in [0.3, 0.4) is 0 Å². The quantitative estimate of drug-likeness (QED) is 0.472. The van der Waals surface area contributed by atoms with Crippen molar-refractivity contribution in [2.24, 2.45) is 5.92 Å². The standard InChI is InChI=1S/C19H14ClN3O2/c20-17-7-2-1-4-15(17)19-14-6-3-5-13(14)16-9-12(23(24)25)8-11(10-21)18(16)22-19/h1-5,7-9,13-14,19,22H,6H2/t13-,14+,19-/m1/s1. The van der Waals surface area contributed by atoms with E-state index in [1.165, 1.54) is 6.07 Å². The van der Waals surface area contributed by atoms with Gasteiger partial charge in [0.25, 0.3) is 5.69 Å². The number of nitro benzene ring substituents is 1. The highest BCUT2D eigenvalue weighted by Gasteiger charge is 2.40. The molecule has 1 heterocycles. The Labute approximate surface area is 149 Å². The molecule has 1 aliphatic carbocycles. The van der Waals surface area contributed by atoms with E-state index in [0.717, 1.165) is 17.5 Å². The van der Waals surface area contributed by atoms with Gasteiger partial charge in [0, 0.05) is 23.1 Å². The molecule has 2 aromatic carbocycles. The number of nitriles is 1. The molecule has 6 heteroatoms. The summed E-state index contributed by atoms with van der Waals surface area (Å²) in [4.78, 5) is 10.8. The molecular formula is C19H14ClN3O2. The van der Waals surface area contributed by atoms with Gasteiger partial charge < -0.3 is 5.32 Å². The largest absolute Gasteiger partial charge is 0.377 e. The van der Waals surface area contributed by atoms with E-state index in [2.05, 4.69) is 23.5 Å². The number of benzene rings is 2. The lowest BCUT2D eigenvalue weighted by molar-refractivity contribution is -0.384. The Morgan fingerprint density at radius 1 is 1.28 bits per heavy atom. The maximum absolute atomic E-state index is 11.2. The van der Waals surface area contributed by atoms with E-state index in [1.54, 1.807) is 6.07 Å². The topological polar surface area (TPSA) is 79.0 Å². The molecule has 0 spiro atoms. The summed E-state index contributed by atoms with van der Waals surface area (Å²) >= 11 is 6.40. The minimum atomic E-state index is -0.449. The van der Waals surface area contributed by atoms with E-state index in [9.17, 15) is 15.4 Å². The zero-order valence-electron chi connectivity index (χ0n) is 13.1. The summed E-state index contributed by atoms with van der Waals surface area (Å²) in [7, 11) is 0. The second-order valence-electron chi connectivity index (χ2n) is 6.32. The average molecular weight is 352 g/mol. The lowest BCUT2D eigenvalue weighted by Gasteiger charge is -2.38. The molecule has 0 amide bonds. The summed E-state index contributed by atoms with van der Waals surface area (Å²) < 4.78 is 0. The minimum Gasteiger partial charge on any atom is -0.377 e. The van der Waals surface area contributed by atoms with E-state index < -0.39 is 4.92 Å². The summed E-state index contributed by atoms with van der Waals surface area (Å²) in [6.45, 7) is 0. The van der Waals surface area contributed by atoms with E-state index in [4.69, 9.17) is 11.6 Å². The number of non-ortho nitro benzene ring substituents is 1. The molecule has 0 saturated carbocycles. The van der Waals surface area contributed by atoms with Crippen LogP contribution in [0.2, 0.25) is 5.02 Å². The van der Waals surface area contributed by atoms with Crippen LogP contribution in [0.25, 0.3) is 0 Å². The summed E-state index contributed by atoms with van der Waals surface area (Å²) in [6.07, 6.45) is 5.04. The monoisotopic (exact) mass is 351 g/mol. The van der Waals surface area contributed by atoms with Crippen molar-refractivity contribution >= 4 is 23.0 Å². The molecule has 5 nitrogen and oxygen atoms in total. The Kier molecular flexibility index (Phi) is 3.70. The smallest absolute Gasteiger partial charge is 0.271 e. The van der Waals surface area contributed by atoms with Crippen LogP contribution >= 0.6 is 11.6 Å². The number of hydrogen-bond acceptors (Lipinski definition) is 4. The van der Waals surface area contributed by atoms with Crippen molar-refractivity contribution in [2.75, 3.05) is 5.32 Å². The van der Waals surface area contributed by atoms with Crippen molar-refractivity contribution in [1.29, 1.82) is 5.26 Å². The van der Waals surface area contributed by atoms with Crippen LogP contribution in [0.1, 0.15) is 35.1 Å². The lowest BCUT2D eigenvalue weighted by atomic mass is 9.76. The van der Waals surface area contributed by atoms with Crippen molar-refractivity contribution in [3.8, 4) is 6.07 Å². The molecule has 2 aliphatic rings. The van der Waals surface area contributed by atoms with Gasteiger partial charge in [0.05, 0.1) is 22.2 Å². The number of rotatable bonds is 2. The summed E-state index contributed by atoms with van der Waals surface area (Å²) in [5.74, 6) is 0.241.